The Morgan fingerprint density at radius 1 is 1.10 bits per heavy atom. The number of rotatable bonds is 5. The van der Waals surface area contributed by atoms with E-state index in [1.165, 1.54) is 30.5 Å². The van der Waals surface area contributed by atoms with Crippen molar-refractivity contribution in [3.8, 4) is 0 Å². The molecule has 2 heterocycles. The van der Waals surface area contributed by atoms with E-state index in [2.05, 4.69) is 10.6 Å². The maximum absolute atomic E-state index is 14.2. The van der Waals surface area contributed by atoms with Crippen molar-refractivity contribution in [3.63, 3.8) is 0 Å². The monoisotopic (exact) mass is 569 g/mol. The van der Waals surface area contributed by atoms with Crippen molar-refractivity contribution >= 4 is 35.1 Å². The number of halogens is 6. The number of carbonyl (C=O) groups excluding carboxylic acids is 3. The topological polar surface area (TPSA) is 89.4 Å². The van der Waals surface area contributed by atoms with E-state index in [0.717, 1.165) is 12.1 Å². The quantitative estimate of drug-likeness (QED) is 0.299. The van der Waals surface area contributed by atoms with Gasteiger partial charge >= 0.3 is 12.1 Å². The molecule has 0 radical (unpaired) electrons. The molecule has 3 aromatic rings. The van der Waals surface area contributed by atoms with Crippen LogP contribution in [0.1, 0.15) is 64.5 Å². The van der Waals surface area contributed by atoms with Crippen LogP contribution in [-0.4, -0.2) is 29.0 Å². The molecule has 4 rings (SSSR count). The maximum Gasteiger partial charge on any atom is 0.416 e. The first-order valence-corrected chi connectivity index (χ1v) is 11.9. The van der Waals surface area contributed by atoms with Crippen LogP contribution in [0, 0.1) is 11.6 Å². The van der Waals surface area contributed by atoms with Gasteiger partial charge in [-0.1, -0.05) is 11.6 Å². The molecule has 2 amide bonds. The highest BCUT2D eigenvalue weighted by atomic mass is 35.5. The first-order valence-electron chi connectivity index (χ1n) is 11.5. The normalized spacial score (nSPS) is 16.3. The van der Waals surface area contributed by atoms with Crippen LogP contribution in [0.4, 0.5) is 27.6 Å². The Balaban J connectivity index is 1.93. The largest absolute Gasteiger partial charge is 0.461 e. The predicted molar refractivity (Wildman–Crippen MR) is 130 cm³/mol. The minimum atomic E-state index is -4.92. The number of alkyl halides is 3. The van der Waals surface area contributed by atoms with Gasteiger partial charge < -0.3 is 19.9 Å². The average Bonchev–Trinajstić information content (AvgIpc) is 3.22. The van der Waals surface area contributed by atoms with Gasteiger partial charge in [-0.15, -0.1) is 0 Å². The molecule has 7 nitrogen and oxygen atoms in total. The molecule has 1 unspecified atom stereocenters. The Labute approximate surface area is 223 Å². The molecular weight excluding hydrogens is 549 g/mol. The Morgan fingerprint density at radius 3 is 2.44 bits per heavy atom. The van der Waals surface area contributed by atoms with Gasteiger partial charge in [0.25, 0.3) is 5.91 Å². The SMILES string of the molecule is CCOC(=O)c1cc(NC(=O)c2cc(F)cc(C(F)(F)F)c2)c2n1C(C)(C)C(=O)NC2c1cc(F)ccc1Cl. The van der Waals surface area contributed by atoms with Crippen molar-refractivity contribution in [1.29, 1.82) is 0 Å². The van der Waals surface area contributed by atoms with Gasteiger partial charge in [0.05, 0.1) is 29.6 Å². The van der Waals surface area contributed by atoms with Gasteiger partial charge in [0.2, 0.25) is 5.91 Å². The zero-order valence-corrected chi connectivity index (χ0v) is 21.4. The molecule has 2 aromatic carbocycles. The van der Waals surface area contributed by atoms with Crippen molar-refractivity contribution in [3.05, 3.63) is 87.2 Å². The summed E-state index contributed by atoms with van der Waals surface area (Å²) in [5, 5.41) is 5.15. The molecule has 0 aliphatic carbocycles. The van der Waals surface area contributed by atoms with Crippen molar-refractivity contribution < 1.29 is 41.1 Å². The third kappa shape index (κ3) is 5.20. The van der Waals surface area contributed by atoms with Gasteiger partial charge in [-0.2, -0.15) is 13.2 Å². The second kappa shape index (κ2) is 9.99. The molecule has 0 fully saturated rings. The first kappa shape index (κ1) is 28.1. The Bertz CT molecular complexity index is 1500. The van der Waals surface area contributed by atoms with Crippen molar-refractivity contribution in [2.75, 3.05) is 11.9 Å². The number of esters is 1. The van der Waals surface area contributed by atoms with Crippen LogP contribution >= 0.6 is 11.6 Å². The molecule has 39 heavy (non-hydrogen) atoms. The lowest BCUT2D eigenvalue weighted by atomic mass is 9.93. The highest BCUT2D eigenvalue weighted by Crippen LogP contribution is 2.42. The lowest BCUT2D eigenvalue weighted by molar-refractivity contribution is -0.137. The molecule has 1 atom stereocenters. The molecule has 1 aliphatic heterocycles. The second-order valence-corrected chi connectivity index (χ2v) is 9.60. The Morgan fingerprint density at radius 2 is 1.79 bits per heavy atom. The number of carbonyl (C=O) groups is 3. The number of aromatic nitrogens is 1. The van der Waals surface area contributed by atoms with E-state index in [0.29, 0.717) is 12.1 Å². The van der Waals surface area contributed by atoms with Crippen LogP contribution in [0.2, 0.25) is 5.02 Å². The van der Waals surface area contributed by atoms with E-state index < -0.39 is 58.3 Å². The summed E-state index contributed by atoms with van der Waals surface area (Å²) in [4.78, 5) is 39.1. The summed E-state index contributed by atoms with van der Waals surface area (Å²) in [5.74, 6) is -4.57. The number of benzene rings is 2. The van der Waals surface area contributed by atoms with Crippen LogP contribution in [0.3, 0.4) is 0 Å². The molecule has 0 bridgehead atoms. The van der Waals surface area contributed by atoms with Crippen molar-refractivity contribution in [2.45, 2.75) is 38.5 Å². The Hall–Kier alpha value is -3.93. The smallest absolute Gasteiger partial charge is 0.416 e. The highest BCUT2D eigenvalue weighted by molar-refractivity contribution is 6.31. The zero-order valence-electron chi connectivity index (χ0n) is 20.7. The number of fused-ring (bicyclic) bond motifs is 1. The number of anilines is 1. The fourth-order valence-corrected chi connectivity index (χ4v) is 4.61. The van der Waals surface area contributed by atoms with Crippen LogP contribution < -0.4 is 10.6 Å². The van der Waals surface area contributed by atoms with E-state index in [1.54, 1.807) is 6.92 Å². The van der Waals surface area contributed by atoms with Crippen LogP contribution in [-0.2, 0) is 21.2 Å². The summed E-state index contributed by atoms with van der Waals surface area (Å²) in [5.41, 5.74) is -3.63. The summed E-state index contributed by atoms with van der Waals surface area (Å²) in [7, 11) is 0. The van der Waals surface area contributed by atoms with E-state index in [9.17, 15) is 36.3 Å². The fraction of sp³-hybridized carbons (Fsp3) is 0.269. The molecule has 0 saturated carbocycles. The molecule has 2 N–H and O–H groups in total. The maximum atomic E-state index is 14.2. The van der Waals surface area contributed by atoms with Crippen LogP contribution in [0.25, 0.3) is 0 Å². The minimum Gasteiger partial charge on any atom is -0.461 e. The second-order valence-electron chi connectivity index (χ2n) is 9.20. The van der Waals surface area contributed by atoms with Gasteiger partial charge in [-0.3, -0.25) is 9.59 Å². The standard InChI is InChI=1S/C26H21ClF5N3O4/c1-4-39-23(37)19-11-18(33-22(36)12-7-13(26(30,31)32)9-15(29)8-12)21-20(16-10-14(28)5-6-17(16)27)34-24(38)25(2,3)35(19)21/h5-11,20H,4H2,1-3H3,(H,33,36)(H,34,38). The number of nitrogens with zero attached hydrogens (tertiary/aromatic N) is 1. The number of nitrogens with one attached hydrogen (secondary N) is 2. The van der Waals surface area contributed by atoms with E-state index in [4.69, 9.17) is 16.3 Å². The van der Waals surface area contributed by atoms with Gasteiger partial charge in [0.1, 0.15) is 22.9 Å². The third-order valence-corrected chi connectivity index (χ3v) is 6.54. The van der Waals surface area contributed by atoms with Gasteiger partial charge in [0, 0.05) is 16.1 Å². The molecule has 13 heteroatoms. The molecule has 0 spiro atoms. The molecule has 206 valence electrons. The van der Waals surface area contributed by atoms with E-state index >= 15 is 0 Å². The first-order chi connectivity index (χ1) is 18.1. The summed E-state index contributed by atoms with van der Waals surface area (Å²) in [6.45, 7) is 4.48. The number of hydrogen-bond acceptors (Lipinski definition) is 4. The van der Waals surface area contributed by atoms with E-state index in [1.807, 2.05) is 0 Å². The van der Waals surface area contributed by atoms with Gasteiger partial charge in [-0.25, -0.2) is 13.6 Å². The van der Waals surface area contributed by atoms with Gasteiger partial charge in [0.15, 0.2) is 0 Å². The predicted octanol–water partition coefficient (Wildman–Crippen LogP) is 5.82. The molecule has 1 aromatic heterocycles. The molecule has 0 saturated heterocycles. The van der Waals surface area contributed by atoms with Gasteiger partial charge in [-0.05, 0) is 63.2 Å². The lowest BCUT2D eigenvalue weighted by Crippen LogP contribution is -2.53. The number of amides is 2. The molecular formula is C26H21ClF5N3O4. The van der Waals surface area contributed by atoms with Crippen LogP contribution in [0.5, 0.6) is 0 Å². The lowest BCUT2D eigenvalue weighted by Gasteiger charge is -2.39. The van der Waals surface area contributed by atoms with Crippen molar-refractivity contribution in [2.24, 2.45) is 0 Å². The summed E-state index contributed by atoms with van der Waals surface area (Å²) in [6.07, 6.45) is -4.92. The summed E-state index contributed by atoms with van der Waals surface area (Å²) >= 11 is 6.31. The van der Waals surface area contributed by atoms with E-state index in [-0.39, 0.29) is 40.3 Å². The summed E-state index contributed by atoms with van der Waals surface area (Å²) < 4.78 is 74.3. The Kier molecular flexibility index (Phi) is 7.20. The summed E-state index contributed by atoms with van der Waals surface area (Å²) in [6, 6.07) is 4.71. The van der Waals surface area contributed by atoms with Crippen molar-refractivity contribution in [1.82, 2.24) is 9.88 Å². The average molecular weight is 570 g/mol. The number of ether oxygens (including phenoxy) is 1. The molecule has 1 aliphatic rings. The highest BCUT2D eigenvalue weighted by Gasteiger charge is 2.45. The number of hydrogen-bond donors (Lipinski definition) is 2. The third-order valence-electron chi connectivity index (χ3n) is 6.19. The van der Waals surface area contributed by atoms with Crippen LogP contribution in [0.15, 0.2) is 42.5 Å². The fourth-order valence-electron chi connectivity index (χ4n) is 4.39. The zero-order chi connectivity index (χ0) is 28.9. The minimum absolute atomic E-state index is 0.0314.